The monoisotopic (exact) mass is 366 g/mol. The Morgan fingerprint density at radius 2 is 2.13 bits per heavy atom. The van der Waals surface area contributed by atoms with Crippen molar-refractivity contribution in [1.29, 1.82) is 0 Å². The van der Waals surface area contributed by atoms with Gasteiger partial charge in [-0.05, 0) is 32.9 Å². The molecule has 1 atom stereocenters. The molecule has 1 unspecified atom stereocenters. The molecular weight excluding hydrogens is 340 g/mol. The summed E-state index contributed by atoms with van der Waals surface area (Å²) in [7, 11) is -4.16. The maximum Gasteiger partial charge on any atom is 0.267 e. The van der Waals surface area contributed by atoms with Crippen molar-refractivity contribution in [3.05, 3.63) is 0 Å². The molecule has 0 spiro atoms. The lowest BCUT2D eigenvalue weighted by atomic mass is 10.1. The minimum atomic E-state index is -4.16. The van der Waals surface area contributed by atoms with Crippen LogP contribution in [-0.2, 0) is 19.7 Å². The van der Waals surface area contributed by atoms with E-state index in [1.54, 1.807) is 25.6 Å². The number of hydrogen-bond donors (Lipinski definition) is 2. The molecule has 1 heterocycles. The fourth-order valence-corrected chi connectivity index (χ4v) is 4.52. The lowest BCUT2D eigenvalue weighted by molar-refractivity contribution is -0.130. The molecule has 0 aromatic heterocycles. The SMILES string of the molecule is CSCC(CCC(=O)NC(C)(C)CS(=O)(=O)O)N1CCCC1=O. The van der Waals surface area contributed by atoms with E-state index in [1.807, 2.05) is 11.2 Å². The summed E-state index contributed by atoms with van der Waals surface area (Å²) in [6.45, 7) is 3.82. The third kappa shape index (κ3) is 7.54. The number of nitrogens with one attached hydrogen (secondary N) is 1. The van der Waals surface area contributed by atoms with Crippen molar-refractivity contribution >= 4 is 33.7 Å². The highest BCUT2D eigenvalue weighted by molar-refractivity contribution is 7.98. The lowest BCUT2D eigenvalue weighted by Gasteiger charge is -2.28. The van der Waals surface area contributed by atoms with Crippen molar-refractivity contribution in [2.75, 3.05) is 24.3 Å². The average molecular weight is 367 g/mol. The predicted octanol–water partition coefficient (Wildman–Crippen LogP) is 0.903. The molecule has 1 aliphatic rings. The van der Waals surface area contributed by atoms with Crippen LogP contribution < -0.4 is 5.32 Å². The van der Waals surface area contributed by atoms with Crippen molar-refractivity contribution in [2.45, 2.75) is 51.1 Å². The van der Waals surface area contributed by atoms with Crippen LogP contribution in [-0.4, -0.2) is 65.6 Å². The Labute approximate surface area is 142 Å². The fourth-order valence-electron chi connectivity index (χ4n) is 2.81. The Kier molecular flexibility index (Phi) is 7.34. The third-order valence-corrected chi connectivity index (χ3v) is 5.44. The Hall–Kier alpha value is -0.800. The van der Waals surface area contributed by atoms with E-state index >= 15 is 0 Å². The van der Waals surface area contributed by atoms with Gasteiger partial charge in [0.05, 0.1) is 11.3 Å². The van der Waals surface area contributed by atoms with E-state index in [9.17, 15) is 18.0 Å². The van der Waals surface area contributed by atoms with E-state index in [2.05, 4.69) is 5.32 Å². The molecule has 0 radical (unpaired) electrons. The van der Waals surface area contributed by atoms with Gasteiger partial charge in [-0.15, -0.1) is 0 Å². The van der Waals surface area contributed by atoms with Gasteiger partial charge in [0.15, 0.2) is 0 Å². The summed E-state index contributed by atoms with van der Waals surface area (Å²) in [5, 5.41) is 2.62. The Morgan fingerprint density at radius 3 is 2.61 bits per heavy atom. The van der Waals surface area contributed by atoms with Crippen LogP contribution in [0.2, 0.25) is 0 Å². The van der Waals surface area contributed by atoms with Gasteiger partial charge in [0.25, 0.3) is 10.1 Å². The molecule has 2 amide bonds. The zero-order valence-electron chi connectivity index (χ0n) is 13.9. The summed E-state index contributed by atoms with van der Waals surface area (Å²) in [5.74, 6) is 0.0884. The van der Waals surface area contributed by atoms with Gasteiger partial charge in [-0.1, -0.05) is 0 Å². The van der Waals surface area contributed by atoms with Gasteiger partial charge in [0, 0.05) is 31.2 Å². The molecule has 1 saturated heterocycles. The summed E-state index contributed by atoms with van der Waals surface area (Å²) in [5.41, 5.74) is -1.04. The van der Waals surface area contributed by atoms with Gasteiger partial charge < -0.3 is 10.2 Å². The van der Waals surface area contributed by atoms with Gasteiger partial charge >= 0.3 is 0 Å². The van der Waals surface area contributed by atoms with E-state index in [0.29, 0.717) is 12.8 Å². The molecule has 23 heavy (non-hydrogen) atoms. The molecule has 2 N–H and O–H groups in total. The van der Waals surface area contributed by atoms with Crippen molar-refractivity contribution in [3.63, 3.8) is 0 Å². The van der Waals surface area contributed by atoms with Crippen molar-refractivity contribution in [3.8, 4) is 0 Å². The van der Waals surface area contributed by atoms with Crippen molar-refractivity contribution < 1.29 is 22.6 Å². The van der Waals surface area contributed by atoms with Crippen LogP contribution >= 0.6 is 11.8 Å². The highest BCUT2D eigenvalue weighted by Gasteiger charge is 2.29. The minimum Gasteiger partial charge on any atom is -0.350 e. The highest BCUT2D eigenvalue weighted by Crippen LogP contribution is 2.20. The number of likely N-dealkylation sites (tertiary alicyclic amines) is 1. The van der Waals surface area contributed by atoms with Crippen LogP contribution in [0.3, 0.4) is 0 Å². The van der Waals surface area contributed by atoms with E-state index < -0.39 is 21.4 Å². The molecule has 1 aliphatic heterocycles. The number of amides is 2. The molecule has 0 aromatic carbocycles. The molecule has 9 heteroatoms. The molecule has 0 aromatic rings. The summed E-state index contributed by atoms with van der Waals surface area (Å²) in [6.07, 6.45) is 4.14. The number of carbonyl (C=O) groups excluding carboxylic acids is 2. The summed E-state index contributed by atoms with van der Waals surface area (Å²) in [4.78, 5) is 25.7. The number of nitrogens with zero attached hydrogens (tertiary/aromatic N) is 1. The first-order valence-corrected chi connectivity index (χ1v) is 10.6. The lowest BCUT2D eigenvalue weighted by Crippen LogP contribution is -2.48. The van der Waals surface area contributed by atoms with Crippen molar-refractivity contribution in [2.24, 2.45) is 0 Å². The minimum absolute atomic E-state index is 0.0236. The average Bonchev–Trinajstić information content (AvgIpc) is 2.77. The molecular formula is C14H26N2O5S2. The maximum absolute atomic E-state index is 12.1. The molecule has 0 aliphatic carbocycles. The van der Waals surface area contributed by atoms with Crippen LogP contribution in [0.5, 0.6) is 0 Å². The summed E-state index contributed by atoms with van der Waals surface area (Å²) < 4.78 is 30.8. The standard InChI is InChI=1S/C14H26N2O5S2/c1-14(2,10-23(19,20)21)15-12(17)7-6-11(9-22-3)16-8-4-5-13(16)18/h11H,4-10H2,1-3H3,(H,15,17)(H,19,20,21). The zero-order valence-corrected chi connectivity index (χ0v) is 15.5. The zero-order chi connectivity index (χ0) is 17.7. The van der Waals surface area contributed by atoms with Crippen molar-refractivity contribution in [1.82, 2.24) is 10.2 Å². The second-order valence-electron chi connectivity index (χ2n) is 6.50. The molecule has 134 valence electrons. The molecule has 1 rings (SSSR count). The van der Waals surface area contributed by atoms with Crippen LogP contribution in [0.1, 0.15) is 39.5 Å². The predicted molar refractivity (Wildman–Crippen MR) is 91.0 cm³/mol. The maximum atomic E-state index is 12.1. The number of carbonyl (C=O) groups is 2. The van der Waals surface area contributed by atoms with Gasteiger partial charge in [0.1, 0.15) is 0 Å². The van der Waals surface area contributed by atoms with E-state index in [0.717, 1.165) is 18.7 Å². The van der Waals surface area contributed by atoms with Gasteiger partial charge in [-0.3, -0.25) is 14.1 Å². The smallest absolute Gasteiger partial charge is 0.267 e. The van der Waals surface area contributed by atoms with Gasteiger partial charge in [-0.2, -0.15) is 20.2 Å². The second-order valence-corrected chi connectivity index (χ2v) is 8.86. The van der Waals surface area contributed by atoms with E-state index in [1.165, 1.54) is 0 Å². The molecule has 1 fully saturated rings. The number of thioether (sulfide) groups is 1. The quantitative estimate of drug-likeness (QED) is 0.588. The van der Waals surface area contributed by atoms with Crippen LogP contribution in [0.4, 0.5) is 0 Å². The summed E-state index contributed by atoms with van der Waals surface area (Å²) >= 11 is 1.63. The topological polar surface area (TPSA) is 104 Å². The van der Waals surface area contributed by atoms with E-state index in [-0.39, 0.29) is 24.3 Å². The Bertz CT molecular complexity index is 533. The first-order chi connectivity index (χ1) is 10.5. The van der Waals surface area contributed by atoms with Crippen LogP contribution in [0.15, 0.2) is 0 Å². The molecule has 0 bridgehead atoms. The Morgan fingerprint density at radius 1 is 1.48 bits per heavy atom. The van der Waals surface area contributed by atoms with E-state index in [4.69, 9.17) is 4.55 Å². The Balaban J connectivity index is 2.53. The number of hydrogen-bond acceptors (Lipinski definition) is 5. The third-order valence-electron chi connectivity index (χ3n) is 3.64. The number of rotatable bonds is 9. The molecule has 0 saturated carbocycles. The second kappa shape index (κ2) is 8.34. The molecule has 7 nitrogen and oxygen atoms in total. The van der Waals surface area contributed by atoms with Gasteiger partial charge in [-0.25, -0.2) is 0 Å². The summed E-state index contributed by atoms with van der Waals surface area (Å²) in [6, 6.07) is 0.0236. The largest absolute Gasteiger partial charge is 0.350 e. The van der Waals surface area contributed by atoms with Crippen LogP contribution in [0.25, 0.3) is 0 Å². The first kappa shape index (κ1) is 20.2. The fraction of sp³-hybridized carbons (Fsp3) is 0.857. The first-order valence-electron chi connectivity index (χ1n) is 7.58. The van der Waals surface area contributed by atoms with Crippen LogP contribution in [0, 0.1) is 0 Å². The normalized spacial score (nSPS) is 17.4. The highest BCUT2D eigenvalue weighted by atomic mass is 32.2. The van der Waals surface area contributed by atoms with Gasteiger partial charge in [0.2, 0.25) is 11.8 Å².